The van der Waals surface area contributed by atoms with Gasteiger partial charge in [0, 0.05) is 5.92 Å². The first kappa shape index (κ1) is 24.8. The molecule has 4 rings (SSSR count). The summed E-state index contributed by atoms with van der Waals surface area (Å²) in [4.78, 5) is 12.9. The first-order chi connectivity index (χ1) is 16.5. The zero-order chi connectivity index (χ0) is 24.0. The minimum atomic E-state index is -3.86. The van der Waals surface area contributed by atoms with Gasteiger partial charge in [0.1, 0.15) is 6.10 Å². The summed E-state index contributed by atoms with van der Waals surface area (Å²) in [7, 11) is -3.86. The summed E-state index contributed by atoms with van der Waals surface area (Å²) in [6.07, 6.45) is 0.682. The fourth-order valence-corrected chi connectivity index (χ4v) is 7.07. The molecule has 2 aliphatic rings. The van der Waals surface area contributed by atoms with Crippen LogP contribution in [0.25, 0.3) is 0 Å². The molecule has 2 aromatic carbocycles. The molecule has 1 heterocycles. The van der Waals surface area contributed by atoms with E-state index < -0.39 is 30.9 Å². The van der Waals surface area contributed by atoms with E-state index in [1.165, 1.54) is 6.08 Å². The highest BCUT2D eigenvalue weighted by molar-refractivity contribution is 7.57. The summed E-state index contributed by atoms with van der Waals surface area (Å²) in [5.41, 5.74) is 2.03. The molecule has 0 amide bonds. The predicted octanol–water partition coefficient (Wildman–Crippen LogP) is 4.90. The van der Waals surface area contributed by atoms with Crippen LogP contribution < -0.4 is 0 Å². The summed E-state index contributed by atoms with van der Waals surface area (Å²) in [6.45, 7) is 6.80. The third-order valence-corrected chi connectivity index (χ3v) is 8.92. The molecule has 0 spiro atoms. The molecule has 2 aromatic rings. The Morgan fingerprint density at radius 1 is 1.12 bits per heavy atom. The van der Waals surface area contributed by atoms with Gasteiger partial charge >= 0.3 is 13.6 Å². The second-order valence-corrected chi connectivity index (χ2v) is 10.7. The number of carbonyl (C=O) groups is 1. The zero-order valence-corrected chi connectivity index (χ0v) is 20.2. The van der Waals surface area contributed by atoms with Gasteiger partial charge in [-0.15, -0.1) is 6.58 Å². The average molecular weight is 487 g/mol. The second-order valence-electron chi connectivity index (χ2n) is 8.48. The van der Waals surface area contributed by atoms with Crippen molar-refractivity contribution in [2.45, 2.75) is 43.9 Å². The van der Waals surface area contributed by atoms with Crippen molar-refractivity contribution in [2.24, 2.45) is 5.92 Å². The minimum absolute atomic E-state index is 0.129. The van der Waals surface area contributed by atoms with E-state index in [1.54, 1.807) is 6.92 Å². The SMILES string of the molecule is C=C[C@@H](COCc1ccccc1)O[P@]1(=O)O[C@H](COCc2ccccc2)[C@H]2C[C@]21C(=O)OCC. The third kappa shape index (κ3) is 5.19. The molecule has 2 fully saturated rings. The van der Waals surface area contributed by atoms with Crippen molar-refractivity contribution >= 4 is 13.6 Å². The number of hydrogen-bond donors (Lipinski definition) is 0. The Morgan fingerprint density at radius 3 is 2.32 bits per heavy atom. The van der Waals surface area contributed by atoms with E-state index >= 15 is 0 Å². The van der Waals surface area contributed by atoms with Gasteiger partial charge in [-0.25, -0.2) is 0 Å². The highest BCUT2D eigenvalue weighted by Gasteiger charge is 2.81. The molecule has 1 aliphatic carbocycles. The first-order valence-corrected chi connectivity index (χ1v) is 13.1. The number of benzene rings is 2. The van der Waals surface area contributed by atoms with Crippen LogP contribution in [0.2, 0.25) is 0 Å². The molecule has 8 heteroatoms. The van der Waals surface area contributed by atoms with Crippen LogP contribution in [0.3, 0.4) is 0 Å². The number of hydrogen-bond acceptors (Lipinski definition) is 7. The Kier molecular flexibility index (Phi) is 8.02. The first-order valence-electron chi connectivity index (χ1n) is 11.5. The Morgan fingerprint density at radius 2 is 1.74 bits per heavy atom. The van der Waals surface area contributed by atoms with Gasteiger partial charge < -0.3 is 18.7 Å². The standard InChI is InChI=1S/C26H31O7P/c1-3-22(18-29-16-20-11-7-5-8-12-20)32-34(28)26(25(27)31-4-2)15-23(26)24(33-34)19-30-17-21-13-9-6-10-14-21/h3,5-14,22-24H,1,4,15-19H2,2H3/t22-,23+,24+,26+,34-/m0/s1. The summed E-state index contributed by atoms with van der Waals surface area (Å²) in [6, 6.07) is 19.5. The Hall–Kier alpha value is -2.28. The quantitative estimate of drug-likeness (QED) is 0.226. The van der Waals surface area contributed by atoms with E-state index in [-0.39, 0.29) is 25.7 Å². The van der Waals surface area contributed by atoms with E-state index in [1.807, 2.05) is 60.7 Å². The topological polar surface area (TPSA) is 80.3 Å². The largest absolute Gasteiger partial charge is 0.465 e. The fraction of sp³-hybridized carbons (Fsp3) is 0.423. The van der Waals surface area contributed by atoms with E-state index in [2.05, 4.69) is 6.58 Å². The van der Waals surface area contributed by atoms with E-state index in [9.17, 15) is 9.36 Å². The molecule has 182 valence electrons. The van der Waals surface area contributed by atoms with Crippen LogP contribution in [0, 0.1) is 5.92 Å². The van der Waals surface area contributed by atoms with Gasteiger partial charge in [-0.2, -0.15) is 0 Å². The molecule has 7 nitrogen and oxygen atoms in total. The number of carbonyl (C=O) groups excluding carboxylic acids is 1. The molecule has 1 aliphatic heterocycles. The lowest BCUT2D eigenvalue weighted by Gasteiger charge is -2.26. The number of ether oxygens (including phenoxy) is 3. The van der Waals surface area contributed by atoms with Crippen LogP contribution in [0.1, 0.15) is 24.5 Å². The van der Waals surface area contributed by atoms with Crippen LogP contribution in [-0.4, -0.2) is 43.2 Å². The lowest BCUT2D eigenvalue weighted by Crippen LogP contribution is -2.29. The fourth-order valence-electron chi connectivity index (χ4n) is 4.30. The Balaban J connectivity index is 1.40. The van der Waals surface area contributed by atoms with Crippen LogP contribution >= 0.6 is 7.60 Å². The second kappa shape index (κ2) is 11.0. The smallest absolute Gasteiger partial charge is 0.349 e. The lowest BCUT2D eigenvalue weighted by molar-refractivity contribution is -0.144. The summed E-state index contributed by atoms with van der Waals surface area (Å²) >= 11 is 0. The predicted molar refractivity (Wildman–Crippen MR) is 127 cm³/mol. The highest BCUT2D eigenvalue weighted by Crippen LogP contribution is 2.81. The van der Waals surface area contributed by atoms with Crippen molar-refractivity contribution < 1.29 is 32.6 Å². The zero-order valence-electron chi connectivity index (χ0n) is 19.3. The van der Waals surface area contributed by atoms with Crippen LogP contribution in [0.4, 0.5) is 0 Å². The summed E-state index contributed by atoms with van der Waals surface area (Å²) < 4.78 is 42.7. The minimum Gasteiger partial charge on any atom is -0.465 e. The van der Waals surface area contributed by atoms with Gasteiger partial charge in [0.15, 0.2) is 5.16 Å². The maximum Gasteiger partial charge on any atom is 0.349 e. The molecular weight excluding hydrogens is 455 g/mol. The van der Waals surface area contributed by atoms with Crippen molar-refractivity contribution in [2.75, 3.05) is 19.8 Å². The van der Waals surface area contributed by atoms with E-state index in [4.69, 9.17) is 23.3 Å². The molecule has 0 N–H and O–H groups in total. The maximum absolute atomic E-state index is 14.0. The van der Waals surface area contributed by atoms with Gasteiger partial charge in [-0.1, -0.05) is 66.7 Å². The number of fused-ring (bicyclic) bond motifs is 1. The number of rotatable bonds is 13. The maximum atomic E-state index is 14.0. The Bertz CT molecular complexity index is 1010. The van der Waals surface area contributed by atoms with E-state index in [0.717, 1.165) is 11.1 Å². The molecule has 0 radical (unpaired) electrons. The van der Waals surface area contributed by atoms with Crippen molar-refractivity contribution in [3.63, 3.8) is 0 Å². The van der Waals surface area contributed by atoms with Gasteiger partial charge in [0.25, 0.3) is 0 Å². The highest BCUT2D eigenvalue weighted by atomic mass is 31.2. The Labute approximate surface area is 200 Å². The van der Waals surface area contributed by atoms with Crippen LogP contribution in [0.5, 0.6) is 0 Å². The van der Waals surface area contributed by atoms with Crippen molar-refractivity contribution in [3.05, 3.63) is 84.4 Å². The van der Waals surface area contributed by atoms with Gasteiger partial charge in [-0.3, -0.25) is 13.9 Å². The average Bonchev–Trinajstić information content (AvgIpc) is 3.57. The van der Waals surface area contributed by atoms with Crippen molar-refractivity contribution in [1.29, 1.82) is 0 Å². The molecule has 0 aromatic heterocycles. The normalized spacial score (nSPS) is 28.1. The van der Waals surface area contributed by atoms with Gasteiger partial charge in [0.2, 0.25) is 0 Å². The molecular formula is C26H31O7P. The monoisotopic (exact) mass is 486 g/mol. The lowest BCUT2D eigenvalue weighted by atomic mass is 10.2. The molecule has 0 unspecified atom stereocenters. The summed E-state index contributed by atoms with van der Waals surface area (Å²) in [5.74, 6) is -0.814. The van der Waals surface area contributed by atoms with Gasteiger partial charge in [0.05, 0.1) is 39.1 Å². The van der Waals surface area contributed by atoms with Crippen LogP contribution in [0.15, 0.2) is 73.3 Å². The molecule has 1 saturated carbocycles. The third-order valence-electron chi connectivity index (χ3n) is 6.15. The van der Waals surface area contributed by atoms with Gasteiger partial charge in [-0.05, 0) is 24.5 Å². The van der Waals surface area contributed by atoms with Crippen LogP contribution in [-0.2, 0) is 45.8 Å². The molecule has 5 atom stereocenters. The van der Waals surface area contributed by atoms with Crippen molar-refractivity contribution in [3.8, 4) is 0 Å². The molecule has 1 saturated heterocycles. The van der Waals surface area contributed by atoms with Crippen molar-refractivity contribution in [1.82, 2.24) is 0 Å². The number of esters is 1. The van der Waals surface area contributed by atoms with E-state index in [0.29, 0.717) is 19.6 Å². The molecule has 0 bridgehead atoms. The molecule has 34 heavy (non-hydrogen) atoms. The summed E-state index contributed by atoms with van der Waals surface area (Å²) in [5, 5.41) is -1.29.